The Morgan fingerprint density at radius 2 is 1.70 bits per heavy atom. The van der Waals surface area contributed by atoms with Crippen LogP contribution in [0.2, 0.25) is 5.02 Å². The number of hydrogen-bond acceptors (Lipinski definition) is 5. The standard InChI is InChI=1S/C28H26ClFN4O2S/c29-20-6-3-8-22(18-20)32-13-15-33(16-14-32)26(35)12-5-17-37-28-31-25-11-2-1-10-24(25)27(36)34(28)23-9-4-7-21(30)19-23/h1-4,6-11,18-19H,5,12-17H2. The number of anilines is 1. The van der Waals surface area contributed by atoms with Gasteiger partial charge in [-0.3, -0.25) is 14.2 Å². The highest BCUT2D eigenvalue weighted by atomic mass is 35.5. The third-order valence-electron chi connectivity index (χ3n) is 6.38. The Balaban J connectivity index is 1.21. The lowest BCUT2D eigenvalue weighted by Crippen LogP contribution is -2.48. The molecular weight excluding hydrogens is 511 g/mol. The first-order valence-electron chi connectivity index (χ1n) is 12.2. The van der Waals surface area contributed by atoms with Crippen molar-refractivity contribution >= 4 is 45.9 Å². The van der Waals surface area contributed by atoms with Crippen molar-refractivity contribution in [1.82, 2.24) is 14.5 Å². The number of nitrogens with zero attached hydrogens (tertiary/aromatic N) is 4. The molecule has 1 aromatic heterocycles. The van der Waals surface area contributed by atoms with Gasteiger partial charge in [0.15, 0.2) is 5.16 Å². The number of amides is 1. The normalized spacial score (nSPS) is 13.8. The van der Waals surface area contributed by atoms with Crippen LogP contribution in [0.15, 0.2) is 82.7 Å². The predicted octanol–water partition coefficient (Wildman–Crippen LogP) is 5.40. The predicted molar refractivity (Wildman–Crippen MR) is 148 cm³/mol. The molecule has 1 aliphatic heterocycles. The SMILES string of the molecule is O=C(CCCSc1nc2ccccc2c(=O)n1-c1cccc(F)c1)N1CCN(c2cccc(Cl)c2)CC1. The summed E-state index contributed by atoms with van der Waals surface area (Å²) in [6.07, 6.45) is 1.06. The van der Waals surface area contributed by atoms with E-state index in [9.17, 15) is 14.0 Å². The summed E-state index contributed by atoms with van der Waals surface area (Å²) in [5.41, 5.74) is 1.85. The molecule has 1 aliphatic rings. The Kier molecular flexibility index (Phi) is 7.76. The zero-order valence-electron chi connectivity index (χ0n) is 20.1. The van der Waals surface area contributed by atoms with Gasteiger partial charge in [-0.25, -0.2) is 9.37 Å². The van der Waals surface area contributed by atoms with Gasteiger partial charge < -0.3 is 9.80 Å². The van der Waals surface area contributed by atoms with Crippen LogP contribution in [-0.2, 0) is 4.79 Å². The molecule has 1 saturated heterocycles. The number of para-hydroxylation sites is 1. The smallest absolute Gasteiger partial charge is 0.266 e. The average Bonchev–Trinajstić information content (AvgIpc) is 2.91. The van der Waals surface area contributed by atoms with E-state index in [4.69, 9.17) is 11.6 Å². The molecule has 37 heavy (non-hydrogen) atoms. The van der Waals surface area contributed by atoms with E-state index < -0.39 is 5.82 Å². The lowest BCUT2D eigenvalue weighted by Gasteiger charge is -2.36. The molecule has 0 N–H and O–H groups in total. The molecule has 190 valence electrons. The number of hydrogen-bond donors (Lipinski definition) is 0. The van der Waals surface area contributed by atoms with Gasteiger partial charge in [0.25, 0.3) is 5.56 Å². The highest BCUT2D eigenvalue weighted by Crippen LogP contribution is 2.24. The summed E-state index contributed by atoms with van der Waals surface area (Å²) in [4.78, 5) is 34.9. The van der Waals surface area contributed by atoms with Gasteiger partial charge >= 0.3 is 0 Å². The first-order chi connectivity index (χ1) is 18.0. The molecule has 0 aliphatic carbocycles. The molecule has 0 bridgehead atoms. The number of halogens is 2. The minimum Gasteiger partial charge on any atom is -0.368 e. The summed E-state index contributed by atoms with van der Waals surface area (Å²) >= 11 is 7.52. The number of fused-ring (bicyclic) bond motifs is 1. The number of rotatable bonds is 7. The van der Waals surface area contributed by atoms with Crippen molar-refractivity contribution in [2.75, 3.05) is 36.8 Å². The van der Waals surface area contributed by atoms with Gasteiger partial charge in [0.05, 0.1) is 16.6 Å². The maximum atomic E-state index is 13.9. The van der Waals surface area contributed by atoms with Gasteiger partial charge in [-0.1, -0.05) is 47.6 Å². The fourth-order valence-corrected chi connectivity index (χ4v) is 5.62. The van der Waals surface area contributed by atoms with Crippen molar-refractivity contribution in [3.8, 4) is 5.69 Å². The second kappa shape index (κ2) is 11.4. The van der Waals surface area contributed by atoms with Crippen molar-refractivity contribution in [2.24, 2.45) is 0 Å². The van der Waals surface area contributed by atoms with E-state index in [2.05, 4.69) is 9.88 Å². The van der Waals surface area contributed by atoms with Crippen molar-refractivity contribution in [2.45, 2.75) is 18.0 Å². The largest absolute Gasteiger partial charge is 0.368 e. The van der Waals surface area contributed by atoms with Crippen LogP contribution in [-0.4, -0.2) is 52.3 Å². The van der Waals surface area contributed by atoms with Crippen LogP contribution in [0.1, 0.15) is 12.8 Å². The Labute approximate surface area is 223 Å². The van der Waals surface area contributed by atoms with Crippen LogP contribution in [0.5, 0.6) is 0 Å². The summed E-state index contributed by atoms with van der Waals surface area (Å²) in [5.74, 6) is 0.309. The summed E-state index contributed by atoms with van der Waals surface area (Å²) < 4.78 is 15.4. The van der Waals surface area contributed by atoms with E-state index in [0.29, 0.717) is 58.5 Å². The van der Waals surface area contributed by atoms with Gasteiger partial charge in [-0.15, -0.1) is 0 Å². The molecule has 9 heteroatoms. The van der Waals surface area contributed by atoms with Gasteiger partial charge in [-0.2, -0.15) is 0 Å². The summed E-state index contributed by atoms with van der Waals surface area (Å²) in [6.45, 7) is 2.87. The number of aromatic nitrogens is 2. The van der Waals surface area contributed by atoms with E-state index >= 15 is 0 Å². The highest BCUT2D eigenvalue weighted by Gasteiger charge is 2.21. The van der Waals surface area contributed by atoms with E-state index in [1.54, 1.807) is 30.3 Å². The van der Waals surface area contributed by atoms with Gasteiger partial charge in [0.1, 0.15) is 5.82 Å². The Bertz CT molecular complexity index is 1490. The molecule has 0 spiro atoms. The van der Waals surface area contributed by atoms with E-state index in [1.165, 1.54) is 28.5 Å². The molecule has 0 atom stereocenters. The zero-order valence-corrected chi connectivity index (χ0v) is 21.7. The maximum Gasteiger partial charge on any atom is 0.266 e. The second-order valence-electron chi connectivity index (χ2n) is 8.83. The first-order valence-corrected chi connectivity index (χ1v) is 13.5. The summed E-state index contributed by atoms with van der Waals surface area (Å²) in [5, 5.41) is 1.66. The molecule has 6 nitrogen and oxygen atoms in total. The number of carbonyl (C=O) groups excluding carboxylic acids is 1. The van der Waals surface area contributed by atoms with Crippen LogP contribution in [0.3, 0.4) is 0 Å². The Morgan fingerprint density at radius 1 is 0.946 bits per heavy atom. The molecule has 4 aromatic rings. The molecule has 0 unspecified atom stereocenters. The van der Waals surface area contributed by atoms with Crippen LogP contribution in [0, 0.1) is 5.82 Å². The quantitative estimate of drug-likeness (QED) is 0.180. The number of benzene rings is 3. The van der Waals surface area contributed by atoms with Crippen LogP contribution < -0.4 is 10.5 Å². The van der Waals surface area contributed by atoms with Gasteiger partial charge in [0, 0.05) is 49.1 Å². The average molecular weight is 537 g/mol. The molecule has 2 heterocycles. The van der Waals surface area contributed by atoms with Crippen LogP contribution in [0.25, 0.3) is 16.6 Å². The minimum atomic E-state index is -0.422. The third-order valence-corrected chi connectivity index (χ3v) is 7.64. The van der Waals surface area contributed by atoms with Crippen molar-refractivity contribution in [3.63, 3.8) is 0 Å². The second-order valence-corrected chi connectivity index (χ2v) is 10.3. The highest BCUT2D eigenvalue weighted by molar-refractivity contribution is 7.99. The molecule has 0 saturated carbocycles. The lowest BCUT2D eigenvalue weighted by molar-refractivity contribution is -0.131. The topological polar surface area (TPSA) is 58.4 Å². The minimum absolute atomic E-state index is 0.125. The Morgan fingerprint density at radius 3 is 2.49 bits per heavy atom. The summed E-state index contributed by atoms with van der Waals surface area (Å²) in [6, 6.07) is 20.8. The number of thioether (sulfide) groups is 1. The number of piperazine rings is 1. The van der Waals surface area contributed by atoms with E-state index in [1.807, 2.05) is 35.2 Å². The molecular formula is C28H26ClFN4O2S. The van der Waals surface area contributed by atoms with E-state index in [0.717, 1.165) is 18.8 Å². The van der Waals surface area contributed by atoms with Gasteiger partial charge in [0.2, 0.25) is 5.91 Å². The summed E-state index contributed by atoms with van der Waals surface area (Å²) in [7, 11) is 0. The van der Waals surface area contributed by atoms with Crippen molar-refractivity contribution in [3.05, 3.63) is 94.0 Å². The maximum absolute atomic E-state index is 13.9. The fraction of sp³-hybridized carbons (Fsp3) is 0.250. The molecule has 1 fully saturated rings. The molecule has 5 rings (SSSR count). The molecule has 3 aromatic carbocycles. The van der Waals surface area contributed by atoms with E-state index in [-0.39, 0.29) is 11.5 Å². The molecule has 1 amide bonds. The monoisotopic (exact) mass is 536 g/mol. The lowest BCUT2D eigenvalue weighted by atomic mass is 10.2. The zero-order chi connectivity index (χ0) is 25.8. The number of carbonyl (C=O) groups is 1. The third kappa shape index (κ3) is 5.81. The molecule has 0 radical (unpaired) electrons. The van der Waals surface area contributed by atoms with Crippen molar-refractivity contribution in [1.29, 1.82) is 0 Å². The van der Waals surface area contributed by atoms with Crippen molar-refractivity contribution < 1.29 is 9.18 Å². The first kappa shape index (κ1) is 25.3. The van der Waals surface area contributed by atoms with Crippen LogP contribution >= 0.6 is 23.4 Å². The Hall–Kier alpha value is -3.36. The van der Waals surface area contributed by atoms with Gasteiger partial charge in [-0.05, 0) is 55.0 Å². The van der Waals surface area contributed by atoms with Crippen LogP contribution in [0.4, 0.5) is 10.1 Å². The fourth-order valence-electron chi connectivity index (χ4n) is 4.48.